The predicted octanol–water partition coefficient (Wildman–Crippen LogP) is 9.76. The van der Waals surface area contributed by atoms with Crippen molar-refractivity contribution in [3.8, 4) is 17.5 Å². The maximum absolute atomic E-state index is 14.5. The van der Waals surface area contributed by atoms with Gasteiger partial charge >= 0.3 is 5.69 Å². The number of carbonyl (C=O) groups is 2. The molecule has 0 saturated carbocycles. The molecule has 15 heteroatoms. The minimum absolute atomic E-state index is 0.0569. The number of amides is 2. The Balaban J connectivity index is 1.28. The lowest BCUT2D eigenvalue weighted by Gasteiger charge is -2.25. The number of hydrogen-bond donors (Lipinski definition) is 3. The van der Waals surface area contributed by atoms with Gasteiger partial charge < -0.3 is 24.8 Å². The lowest BCUT2D eigenvalue weighted by molar-refractivity contribution is -0.130. The van der Waals surface area contributed by atoms with Crippen LogP contribution < -0.4 is 30.1 Å². The smallest absolute Gasteiger partial charge is 0.334 e. The van der Waals surface area contributed by atoms with Gasteiger partial charge in [0.1, 0.15) is 5.75 Å². The van der Waals surface area contributed by atoms with Crippen molar-refractivity contribution in [2.45, 2.75) is 127 Å². The third-order valence-corrected chi connectivity index (χ3v) is 12.9. The summed E-state index contributed by atoms with van der Waals surface area (Å²) in [6.45, 7) is 2.77. The summed E-state index contributed by atoms with van der Waals surface area (Å²) in [6.07, 6.45) is 20.1. The Bertz CT molecular complexity index is 2240. The fourth-order valence-corrected chi connectivity index (χ4v) is 9.13. The van der Waals surface area contributed by atoms with E-state index in [1.807, 2.05) is 12.1 Å². The molecular weight excluding hydrogens is 818 g/mol. The zero-order valence-electron chi connectivity index (χ0n) is 35.8. The molecule has 1 aliphatic rings. The standard InChI is InChI=1S/C46H62ClN5O8S/c1-4-5-6-7-8-9-10-11-12-13-14-15-16-17-18-23-32-60-40-29-28-35(61(57,58)49-37-26-21-20-25-36(37)47)33-38(40)48-42(53)41(52-44(55)45(59-3)50(2)46(52)56)43(54)51-31-30-34-24-19-22-27-39(34)51/h19-22,24-29,33,41,49,55H,4-18,23,30-32H2,1-3H3,(H,48,53). The molecule has 0 spiro atoms. The number of fused-ring (bicyclic) bond motifs is 1. The van der Waals surface area contributed by atoms with Gasteiger partial charge in [-0.1, -0.05) is 145 Å². The van der Waals surface area contributed by atoms with Crippen LogP contribution in [0.25, 0.3) is 0 Å². The van der Waals surface area contributed by atoms with E-state index in [2.05, 4.69) is 17.0 Å². The van der Waals surface area contributed by atoms with Crippen molar-refractivity contribution in [2.24, 2.45) is 7.05 Å². The van der Waals surface area contributed by atoms with Crippen LogP contribution >= 0.6 is 11.6 Å². The molecule has 3 N–H and O–H groups in total. The maximum atomic E-state index is 14.5. The number of nitrogens with one attached hydrogen (secondary N) is 2. The molecule has 5 rings (SSSR count). The van der Waals surface area contributed by atoms with Gasteiger partial charge in [0.05, 0.1) is 35.0 Å². The van der Waals surface area contributed by atoms with E-state index in [-0.39, 0.29) is 46.1 Å². The fraction of sp³-hybridized carbons (Fsp3) is 0.500. The van der Waals surface area contributed by atoms with Gasteiger partial charge in [0.2, 0.25) is 0 Å². The number of benzene rings is 3. The average Bonchev–Trinajstić information content (AvgIpc) is 3.77. The first kappa shape index (κ1) is 47.1. The van der Waals surface area contributed by atoms with Crippen LogP contribution in [-0.4, -0.2) is 54.7 Å². The Kier molecular flexibility index (Phi) is 18.0. The number of anilines is 3. The number of para-hydroxylation sites is 2. The number of nitrogens with zero attached hydrogens (tertiary/aromatic N) is 3. The van der Waals surface area contributed by atoms with E-state index < -0.39 is 39.4 Å². The van der Waals surface area contributed by atoms with Crippen LogP contribution in [0.5, 0.6) is 17.5 Å². The number of unbranched alkanes of at least 4 members (excludes halogenated alkanes) is 15. The summed E-state index contributed by atoms with van der Waals surface area (Å²) >= 11 is 6.26. The molecule has 1 aliphatic heterocycles. The van der Waals surface area contributed by atoms with Gasteiger partial charge in [0.25, 0.3) is 33.6 Å². The van der Waals surface area contributed by atoms with Crippen molar-refractivity contribution >= 4 is 50.5 Å². The third kappa shape index (κ3) is 12.6. The molecule has 2 amide bonds. The second kappa shape index (κ2) is 23.3. The lowest BCUT2D eigenvalue weighted by Crippen LogP contribution is -2.45. The van der Waals surface area contributed by atoms with E-state index in [4.69, 9.17) is 21.1 Å². The van der Waals surface area contributed by atoms with Crippen molar-refractivity contribution in [3.63, 3.8) is 0 Å². The summed E-state index contributed by atoms with van der Waals surface area (Å²) in [7, 11) is -1.66. The molecule has 332 valence electrons. The third-order valence-electron chi connectivity index (χ3n) is 11.2. The fourth-order valence-electron chi connectivity index (χ4n) is 7.79. The summed E-state index contributed by atoms with van der Waals surface area (Å²) in [5.74, 6) is -2.62. The van der Waals surface area contributed by atoms with Crippen LogP contribution in [0.15, 0.2) is 76.4 Å². The van der Waals surface area contributed by atoms with Crippen LogP contribution in [0.2, 0.25) is 5.02 Å². The highest BCUT2D eigenvalue weighted by molar-refractivity contribution is 7.92. The number of aromatic hydroxyl groups is 1. The van der Waals surface area contributed by atoms with E-state index >= 15 is 0 Å². The van der Waals surface area contributed by atoms with Gasteiger partial charge in [0.15, 0.2) is 6.04 Å². The molecule has 1 unspecified atom stereocenters. The number of sulfonamides is 1. The van der Waals surface area contributed by atoms with E-state index in [0.717, 1.165) is 35.8 Å². The van der Waals surface area contributed by atoms with Crippen LogP contribution in [0, 0.1) is 0 Å². The van der Waals surface area contributed by atoms with Gasteiger partial charge in [0, 0.05) is 19.3 Å². The summed E-state index contributed by atoms with van der Waals surface area (Å²) in [5, 5.41) is 14.1. The highest BCUT2D eigenvalue weighted by atomic mass is 35.5. The van der Waals surface area contributed by atoms with Crippen LogP contribution in [-0.2, 0) is 33.1 Å². The first-order chi connectivity index (χ1) is 29.5. The minimum Gasteiger partial charge on any atom is -0.491 e. The SMILES string of the molecule is CCCCCCCCCCCCCCCCCCOc1ccc(S(=O)(=O)Nc2ccccc2Cl)cc1NC(=O)C(C(=O)N1CCc2ccccc21)n1c(O)c(OC)n(C)c1=O. The largest absolute Gasteiger partial charge is 0.491 e. The Morgan fingerprint density at radius 1 is 0.820 bits per heavy atom. The highest BCUT2D eigenvalue weighted by Crippen LogP contribution is 2.35. The molecule has 13 nitrogen and oxygen atoms in total. The summed E-state index contributed by atoms with van der Waals surface area (Å²) in [6, 6.07) is 15.7. The highest BCUT2D eigenvalue weighted by Gasteiger charge is 2.40. The zero-order valence-corrected chi connectivity index (χ0v) is 37.4. The van der Waals surface area contributed by atoms with Gasteiger partial charge in [-0.3, -0.25) is 18.9 Å². The molecule has 0 bridgehead atoms. The monoisotopic (exact) mass is 879 g/mol. The topological polar surface area (TPSA) is 161 Å². The molecule has 0 aliphatic carbocycles. The quantitative estimate of drug-likeness (QED) is 0.0415. The number of methoxy groups -OCH3 is 1. The molecule has 2 heterocycles. The van der Waals surface area contributed by atoms with Crippen LogP contribution in [0.1, 0.15) is 121 Å². The summed E-state index contributed by atoms with van der Waals surface area (Å²) in [5.41, 5.74) is 0.672. The molecule has 1 aromatic heterocycles. The van der Waals surface area contributed by atoms with Gasteiger partial charge in [-0.25, -0.2) is 17.8 Å². The number of aromatic nitrogens is 2. The molecule has 3 aromatic carbocycles. The molecule has 0 fully saturated rings. The van der Waals surface area contributed by atoms with Gasteiger partial charge in [-0.15, -0.1) is 0 Å². The number of rotatable bonds is 26. The van der Waals surface area contributed by atoms with Crippen molar-refractivity contribution in [1.82, 2.24) is 9.13 Å². The van der Waals surface area contributed by atoms with E-state index in [0.29, 0.717) is 16.7 Å². The predicted molar refractivity (Wildman–Crippen MR) is 242 cm³/mol. The first-order valence-corrected chi connectivity index (χ1v) is 23.6. The summed E-state index contributed by atoms with van der Waals surface area (Å²) in [4.78, 5) is 43.7. The second-order valence-corrected chi connectivity index (χ2v) is 17.8. The number of hydrogen-bond acceptors (Lipinski definition) is 8. The zero-order chi connectivity index (χ0) is 43.8. The summed E-state index contributed by atoms with van der Waals surface area (Å²) < 4.78 is 42.9. The van der Waals surface area contributed by atoms with Crippen molar-refractivity contribution < 1.29 is 32.6 Å². The maximum Gasteiger partial charge on any atom is 0.334 e. The molecular formula is C46H62ClN5O8S. The number of carbonyl (C=O) groups excluding carboxylic acids is 2. The number of ether oxygens (including phenoxy) is 2. The Labute approximate surface area is 365 Å². The molecule has 61 heavy (non-hydrogen) atoms. The molecule has 4 aromatic rings. The normalized spacial score (nSPS) is 12.9. The van der Waals surface area contributed by atoms with E-state index in [1.165, 1.54) is 120 Å². The van der Waals surface area contributed by atoms with Crippen molar-refractivity contribution in [1.29, 1.82) is 0 Å². The molecule has 0 radical (unpaired) electrons. The molecule has 0 saturated heterocycles. The van der Waals surface area contributed by atoms with Crippen LogP contribution in [0.4, 0.5) is 17.1 Å². The minimum atomic E-state index is -4.25. The lowest BCUT2D eigenvalue weighted by atomic mass is 10.0. The van der Waals surface area contributed by atoms with Crippen molar-refractivity contribution in [2.75, 3.05) is 35.2 Å². The first-order valence-electron chi connectivity index (χ1n) is 21.8. The van der Waals surface area contributed by atoms with Crippen LogP contribution in [0.3, 0.4) is 0 Å². The Morgan fingerprint density at radius 3 is 2.02 bits per heavy atom. The van der Waals surface area contributed by atoms with Crippen molar-refractivity contribution in [3.05, 3.63) is 87.8 Å². The Hall–Kier alpha value is -4.95. The van der Waals surface area contributed by atoms with E-state index in [9.17, 15) is 27.9 Å². The van der Waals surface area contributed by atoms with E-state index in [1.54, 1.807) is 30.3 Å². The van der Waals surface area contributed by atoms with Gasteiger partial charge in [-0.2, -0.15) is 0 Å². The van der Waals surface area contributed by atoms with Gasteiger partial charge in [-0.05, 0) is 54.8 Å². The Morgan fingerprint density at radius 2 is 1.41 bits per heavy atom. The average molecular weight is 881 g/mol. The number of halogens is 1. The second-order valence-electron chi connectivity index (χ2n) is 15.7. The molecule has 1 atom stereocenters. The number of imidazole rings is 1.